The van der Waals surface area contributed by atoms with E-state index in [2.05, 4.69) is 0 Å². The second-order valence-electron chi connectivity index (χ2n) is 2.97. The van der Waals surface area contributed by atoms with E-state index in [1.165, 1.54) is 0 Å². The maximum atomic E-state index is 5.86. The fourth-order valence-electron chi connectivity index (χ4n) is 1.25. The summed E-state index contributed by atoms with van der Waals surface area (Å²) in [4.78, 5) is 0. The third-order valence-electron chi connectivity index (χ3n) is 2.15. The molecule has 0 spiro atoms. The molecule has 2 N–H and O–H groups in total. The zero-order chi connectivity index (χ0) is 10.6. The van der Waals surface area contributed by atoms with E-state index in [4.69, 9.17) is 15.2 Å². The van der Waals surface area contributed by atoms with Gasteiger partial charge in [-0.2, -0.15) is 0 Å². The summed E-state index contributed by atoms with van der Waals surface area (Å²) in [5.41, 5.74) is 6.88. The van der Waals surface area contributed by atoms with Gasteiger partial charge in [0, 0.05) is 6.04 Å². The molecule has 0 unspecified atom stereocenters. The Morgan fingerprint density at radius 2 is 1.86 bits per heavy atom. The van der Waals surface area contributed by atoms with Crippen molar-refractivity contribution in [2.45, 2.75) is 13.0 Å². The van der Waals surface area contributed by atoms with E-state index in [0.29, 0.717) is 5.75 Å². The van der Waals surface area contributed by atoms with Crippen LogP contribution in [0, 0.1) is 6.42 Å². The van der Waals surface area contributed by atoms with Crippen LogP contribution in [0.1, 0.15) is 18.5 Å². The second-order valence-corrected chi connectivity index (χ2v) is 2.97. The Labute approximate surface area is 84.8 Å². The van der Waals surface area contributed by atoms with Crippen LogP contribution in [0.15, 0.2) is 18.2 Å². The highest BCUT2D eigenvalue weighted by Gasteiger charge is 2.08. The van der Waals surface area contributed by atoms with Crippen molar-refractivity contribution in [2.75, 3.05) is 14.2 Å². The Hall–Kier alpha value is -1.22. The van der Waals surface area contributed by atoms with Crippen molar-refractivity contribution in [2.24, 2.45) is 5.73 Å². The standard InChI is InChI=1S/C11H16NO2/c1-4-9(12)8-5-6-10(13-2)11(7-8)14-3/h4-7,9H,12H2,1-3H3/t9-/m1/s1. The first-order chi connectivity index (χ1) is 6.72. The van der Waals surface area contributed by atoms with E-state index >= 15 is 0 Å². The molecule has 1 aromatic rings. The third-order valence-corrected chi connectivity index (χ3v) is 2.15. The summed E-state index contributed by atoms with van der Waals surface area (Å²) in [6.07, 6.45) is 1.93. The molecular formula is C11H16NO2. The second kappa shape index (κ2) is 4.86. The average Bonchev–Trinajstić information content (AvgIpc) is 2.26. The van der Waals surface area contributed by atoms with Gasteiger partial charge in [-0.15, -0.1) is 0 Å². The van der Waals surface area contributed by atoms with E-state index in [-0.39, 0.29) is 6.04 Å². The highest BCUT2D eigenvalue weighted by Crippen LogP contribution is 2.29. The highest BCUT2D eigenvalue weighted by atomic mass is 16.5. The highest BCUT2D eigenvalue weighted by molar-refractivity contribution is 5.44. The molecule has 0 aromatic heterocycles. The van der Waals surface area contributed by atoms with Crippen molar-refractivity contribution < 1.29 is 9.47 Å². The Balaban J connectivity index is 3.01. The summed E-state index contributed by atoms with van der Waals surface area (Å²) in [6.45, 7) is 1.93. The summed E-state index contributed by atoms with van der Waals surface area (Å²) in [7, 11) is 3.23. The molecule has 0 aliphatic rings. The van der Waals surface area contributed by atoms with Gasteiger partial charge >= 0.3 is 0 Å². The third kappa shape index (κ3) is 2.17. The molecule has 1 atom stereocenters. The molecule has 3 nitrogen and oxygen atoms in total. The van der Waals surface area contributed by atoms with Gasteiger partial charge in [-0.25, -0.2) is 0 Å². The van der Waals surface area contributed by atoms with Crippen molar-refractivity contribution in [3.63, 3.8) is 0 Å². The maximum absolute atomic E-state index is 5.86. The van der Waals surface area contributed by atoms with Gasteiger partial charge < -0.3 is 15.2 Å². The van der Waals surface area contributed by atoms with Crippen molar-refractivity contribution in [3.8, 4) is 11.5 Å². The first-order valence-corrected chi connectivity index (χ1v) is 4.50. The molecule has 1 radical (unpaired) electrons. The SMILES string of the molecule is C[CH][C@@H](N)c1ccc(OC)c(OC)c1. The lowest BCUT2D eigenvalue weighted by Crippen LogP contribution is -2.09. The molecule has 1 rings (SSSR count). The van der Waals surface area contributed by atoms with E-state index in [1.54, 1.807) is 14.2 Å². The molecule has 0 bridgehead atoms. The van der Waals surface area contributed by atoms with Crippen LogP contribution >= 0.6 is 0 Å². The summed E-state index contributed by atoms with van der Waals surface area (Å²) in [5.74, 6) is 1.43. The van der Waals surface area contributed by atoms with Crippen LogP contribution in [-0.4, -0.2) is 14.2 Å². The molecule has 0 saturated carbocycles. The number of hydrogen-bond donors (Lipinski definition) is 1. The summed E-state index contributed by atoms with van der Waals surface area (Å²) in [6, 6.07) is 5.63. The van der Waals surface area contributed by atoms with Crippen LogP contribution < -0.4 is 15.2 Å². The minimum Gasteiger partial charge on any atom is -0.493 e. The van der Waals surface area contributed by atoms with Crippen molar-refractivity contribution in [1.29, 1.82) is 0 Å². The Bertz CT molecular complexity index is 299. The van der Waals surface area contributed by atoms with Gasteiger partial charge in [0.2, 0.25) is 0 Å². The molecular weight excluding hydrogens is 178 g/mol. The molecule has 0 fully saturated rings. The molecule has 77 valence electrons. The summed E-state index contributed by atoms with van der Waals surface area (Å²) in [5, 5.41) is 0. The number of ether oxygens (including phenoxy) is 2. The van der Waals surface area contributed by atoms with Crippen LogP contribution in [0.3, 0.4) is 0 Å². The predicted molar refractivity (Wildman–Crippen MR) is 56.4 cm³/mol. The Morgan fingerprint density at radius 1 is 1.21 bits per heavy atom. The molecule has 3 heteroatoms. The zero-order valence-corrected chi connectivity index (χ0v) is 8.78. The van der Waals surface area contributed by atoms with E-state index in [0.717, 1.165) is 11.3 Å². The quantitative estimate of drug-likeness (QED) is 0.796. The monoisotopic (exact) mass is 194 g/mol. The lowest BCUT2D eigenvalue weighted by molar-refractivity contribution is 0.354. The summed E-state index contributed by atoms with van der Waals surface area (Å²) >= 11 is 0. The Morgan fingerprint density at radius 3 is 2.36 bits per heavy atom. The molecule has 0 amide bonds. The van der Waals surface area contributed by atoms with Crippen LogP contribution in [-0.2, 0) is 0 Å². The molecule has 0 saturated heterocycles. The van der Waals surface area contributed by atoms with Gasteiger partial charge in [0.25, 0.3) is 0 Å². The minimum absolute atomic E-state index is 0.0604. The number of hydrogen-bond acceptors (Lipinski definition) is 3. The van der Waals surface area contributed by atoms with Crippen LogP contribution in [0.25, 0.3) is 0 Å². The van der Waals surface area contributed by atoms with Crippen molar-refractivity contribution >= 4 is 0 Å². The van der Waals surface area contributed by atoms with Crippen molar-refractivity contribution in [1.82, 2.24) is 0 Å². The van der Waals surface area contributed by atoms with Crippen LogP contribution in [0.2, 0.25) is 0 Å². The molecule has 0 aliphatic carbocycles. The normalized spacial score (nSPS) is 12.3. The van der Waals surface area contributed by atoms with E-state index in [9.17, 15) is 0 Å². The average molecular weight is 194 g/mol. The molecule has 14 heavy (non-hydrogen) atoms. The predicted octanol–water partition coefficient (Wildman–Crippen LogP) is 1.93. The number of rotatable bonds is 4. The number of benzene rings is 1. The Kier molecular flexibility index (Phi) is 3.77. The molecule has 0 aliphatic heterocycles. The summed E-state index contributed by atoms with van der Waals surface area (Å²) < 4.78 is 10.3. The fraction of sp³-hybridized carbons (Fsp3) is 0.364. The van der Waals surface area contributed by atoms with Gasteiger partial charge in [0.05, 0.1) is 14.2 Å². The number of nitrogens with two attached hydrogens (primary N) is 1. The van der Waals surface area contributed by atoms with Crippen molar-refractivity contribution in [3.05, 3.63) is 30.2 Å². The van der Waals surface area contributed by atoms with E-state index in [1.807, 2.05) is 31.5 Å². The first-order valence-electron chi connectivity index (χ1n) is 4.50. The van der Waals surface area contributed by atoms with Gasteiger partial charge in [0.1, 0.15) is 0 Å². The van der Waals surface area contributed by atoms with E-state index < -0.39 is 0 Å². The van der Waals surface area contributed by atoms with Crippen LogP contribution in [0.4, 0.5) is 0 Å². The number of methoxy groups -OCH3 is 2. The molecule has 0 heterocycles. The molecule has 1 aromatic carbocycles. The van der Waals surface area contributed by atoms with Crippen LogP contribution in [0.5, 0.6) is 11.5 Å². The van der Waals surface area contributed by atoms with Gasteiger partial charge in [-0.05, 0) is 24.1 Å². The topological polar surface area (TPSA) is 44.5 Å². The maximum Gasteiger partial charge on any atom is 0.161 e. The minimum atomic E-state index is -0.0604. The fourth-order valence-corrected chi connectivity index (χ4v) is 1.25. The largest absolute Gasteiger partial charge is 0.493 e. The van der Waals surface area contributed by atoms with Gasteiger partial charge in [0.15, 0.2) is 11.5 Å². The lowest BCUT2D eigenvalue weighted by Gasteiger charge is -2.12. The van der Waals surface area contributed by atoms with Gasteiger partial charge in [-0.3, -0.25) is 0 Å². The lowest BCUT2D eigenvalue weighted by atomic mass is 10.1. The first kappa shape index (κ1) is 10.9. The smallest absolute Gasteiger partial charge is 0.161 e. The van der Waals surface area contributed by atoms with Gasteiger partial charge in [-0.1, -0.05) is 13.0 Å². The zero-order valence-electron chi connectivity index (χ0n) is 8.78.